The van der Waals surface area contributed by atoms with Crippen molar-refractivity contribution in [1.82, 2.24) is 5.43 Å². The Morgan fingerprint density at radius 1 is 0.971 bits per heavy atom. The highest BCUT2D eigenvalue weighted by Crippen LogP contribution is 2.23. The van der Waals surface area contributed by atoms with Crippen LogP contribution in [0.15, 0.2) is 94.4 Å². The van der Waals surface area contributed by atoms with Gasteiger partial charge in [-0.05, 0) is 37.3 Å². The number of furan rings is 1. The fraction of sp³-hybridized carbons (Fsp3) is 0.0741. The number of hydrogen-bond acceptors (Lipinski definition) is 5. The van der Waals surface area contributed by atoms with Gasteiger partial charge in [-0.15, -0.1) is 0 Å². The van der Waals surface area contributed by atoms with E-state index in [1.54, 1.807) is 54.6 Å². The van der Waals surface area contributed by atoms with E-state index in [1.807, 2.05) is 30.3 Å². The molecular weight excluding hydrogens is 452 g/mol. The molecule has 0 radical (unpaired) electrons. The Morgan fingerprint density at radius 2 is 1.71 bits per heavy atom. The first-order chi connectivity index (χ1) is 16.5. The molecule has 4 rings (SSSR count). The largest absolute Gasteiger partial charge is 0.488 e. The van der Waals surface area contributed by atoms with Crippen molar-refractivity contribution in [3.63, 3.8) is 0 Å². The van der Waals surface area contributed by atoms with Crippen LogP contribution in [0, 0.1) is 0 Å². The number of ether oxygens (including phenoxy) is 1. The van der Waals surface area contributed by atoms with Gasteiger partial charge in [0.25, 0.3) is 5.91 Å². The van der Waals surface area contributed by atoms with E-state index in [0.29, 0.717) is 33.4 Å². The molecule has 4 aromatic rings. The van der Waals surface area contributed by atoms with E-state index in [4.69, 9.17) is 20.8 Å². The van der Waals surface area contributed by atoms with Crippen molar-refractivity contribution < 1.29 is 18.7 Å². The van der Waals surface area contributed by atoms with Crippen molar-refractivity contribution in [2.45, 2.75) is 13.5 Å². The number of benzene rings is 3. The Labute approximate surface area is 201 Å². The Balaban J connectivity index is 1.39. The topological polar surface area (TPSA) is 80.9 Å². The Bertz CT molecular complexity index is 1340. The molecule has 1 aromatic heterocycles. The van der Waals surface area contributed by atoms with Crippen LogP contribution in [0.4, 0.5) is 0 Å². The van der Waals surface area contributed by atoms with Crippen molar-refractivity contribution in [3.05, 3.63) is 112 Å². The average Bonchev–Trinajstić information content (AvgIpc) is 3.32. The highest BCUT2D eigenvalue weighted by atomic mass is 35.5. The molecule has 0 spiro atoms. The third-order valence-electron chi connectivity index (χ3n) is 5.03. The lowest BCUT2D eigenvalue weighted by molar-refractivity contribution is 0.0949. The van der Waals surface area contributed by atoms with Crippen LogP contribution in [0.2, 0.25) is 5.02 Å². The molecule has 3 aromatic carbocycles. The maximum absolute atomic E-state index is 12.7. The van der Waals surface area contributed by atoms with E-state index in [-0.39, 0.29) is 12.4 Å². The number of nitrogens with zero attached hydrogens (tertiary/aromatic N) is 1. The van der Waals surface area contributed by atoms with E-state index in [1.165, 1.54) is 13.1 Å². The Morgan fingerprint density at radius 3 is 2.47 bits per heavy atom. The normalized spacial score (nSPS) is 10.9. The van der Waals surface area contributed by atoms with Crippen LogP contribution >= 0.6 is 11.6 Å². The Hall–Kier alpha value is -4.16. The summed E-state index contributed by atoms with van der Waals surface area (Å²) >= 11 is 6.18. The molecule has 6 nitrogen and oxygen atoms in total. The summed E-state index contributed by atoms with van der Waals surface area (Å²) in [6.07, 6.45) is 1.42. The summed E-state index contributed by atoms with van der Waals surface area (Å²) in [7, 11) is 0. The third-order valence-corrected chi connectivity index (χ3v) is 5.40. The summed E-state index contributed by atoms with van der Waals surface area (Å²) < 4.78 is 11.6. The number of rotatable bonds is 8. The van der Waals surface area contributed by atoms with Gasteiger partial charge in [-0.1, -0.05) is 66.2 Å². The zero-order chi connectivity index (χ0) is 23.9. The average molecular weight is 473 g/mol. The number of nitrogens with one attached hydrogen (secondary N) is 1. The first-order valence-electron chi connectivity index (χ1n) is 10.5. The molecule has 0 saturated carbocycles. The Kier molecular flexibility index (Phi) is 7.20. The number of amides is 1. The molecule has 0 saturated heterocycles. The predicted octanol–water partition coefficient (Wildman–Crippen LogP) is 6.15. The van der Waals surface area contributed by atoms with Gasteiger partial charge in [0.1, 0.15) is 23.9 Å². The van der Waals surface area contributed by atoms with Crippen molar-refractivity contribution >= 4 is 29.5 Å². The van der Waals surface area contributed by atoms with E-state index >= 15 is 0 Å². The van der Waals surface area contributed by atoms with Gasteiger partial charge in [0, 0.05) is 21.7 Å². The number of halogens is 1. The maximum Gasteiger partial charge on any atom is 0.275 e. The first-order valence-corrected chi connectivity index (χ1v) is 10.9. The van der Waals surface area contributed by atoms with Crippen LogP contribution in [0.5, 0.6) is 5.75 Å². The van der Waals surface area contributed by atoms with E-state index in [2.05, 4.69) is 10.5 Å². The highest BCUT2D eigenvalue weighted by molar-refractivity contribution is 6.31. The number of hydrogen-bond donors (Lipinski definition) is 1. The summed E-state index contributed by atoms with van der Waals surface area (Å²) in [5.41, 5.74) is 5.13. The smallest absolute Gasteiger partial charge is 0.275 e. The molecule has 0 aliphatic carbocycles. The lowest BCUT2D eigenvalue weighted by Crippen LogP contribution is -2.18. The fourth-order valence-corrected chi connectivity index (χ4v) is 3.40. The third kappa shape index (κ3) is 5.60. The summed E-state index contributed by atoms with van der Waals surface area (Å²) in [4.78, 5) is 24.1. The molecule has 0 aliphatic rings. The zero-order valence-electron chi connectivity index (χ0n) is 18.3. The van der Waals surface area contributed by atoms with Gasteiger partial charge in [-0.2, -0.15) is 5.10 Å². The van der Waals surface area contributed by atoms with Gasteiger partial charge in [0.15, 0.2) is 5.78 Å². The van der Waals surface area contributed by atoms with Gasteiger partial charge in [-0.25, -0.2) is 5.43 Å². The van der Waals surface area contributed by atoms with Crippen molar-refractivity contribution in [3.8, 4) is 17.1 Å². The minimum atomic E-state index is -0.419. The summed E-state index contributed by atoms with van der Waals surface area (Å²) in [5.74, 6) is 1.10. The molecule has 1 amide bonds. The second kappa shape index (κ2) is 10.6. The van der Waals surface area contributed by atoms with Gasteiger partial charge >= 0.3 is 0 Å². The van der Waals surface area contributed by atoms with Crippen molar-refractivity contribution in [1.29, 1.82) is 0 Å². The second-order valence-corrected chi connectivity index (χ2v) is 7.82. The van der Waals surface area contributed by atoms with Crippen LogP contribution in [-0.4, -0.2) is 17.9 Å². The summed E-state index contributed by atoms with van der Waals surface area (Å²) in [6, 6.07) is 24.9. The number of ketones is 1. The van der Waals surface area contributed by atoms with Crippen molar-refractivity contribution in [2.24, 2.45) is 5.10 Å². The molecule has 170 valence electrons. The second-order valence-electron chi connectivity index (χ2n) is 7.41. The van der Waals surface area contributed by atoms with Crippen LogP contribution in [0.3, 0.4) is 0 Å². The SMILES string of the molecule is CC(=O)c1ccc(-c2ccc(/C=N/NC(=O)c3ccccc3OCc3ccccc3Cl)o2)cc1. The maximum atomic E-state index is 12.7. The molecule has 0 bridgehead atoms. The predicted molar refractivity (Wildman–Crippen MR) is 131 cm³/mol. The van der Waals surface area contributed by atoms with Crippen molar-refractivity contribution in [2.75, 3.05) is 0 Å². The van der Waals surface area contributed by atoms with Crippen LogP contribution < -0.4 is 10.2 Å². The molecular formula is C27H21ClN2O4. The van der Waals surface area contributed by atoms with Crippen LogP contribution in [0.1, 0.15) is 39.0 Å². The summed E-state index contributed by atoms with van der Waals surface area (Å²) in [6.45, 7) is 1.75. The van der Waals surface area contributed by atoms with Gasteiger partial charge < -0.3 is 9.15 Å². The molecule has 0 atom stereocenters. The number of Topliss-reactive ketones (excluding diaryl/α,β-unsaturated/α-hetero) is 1. The quantitative estimate of drug-likeness (QED) is 0.189. The number of carbonyl (C=O) groups excluding carboxylic acids is 2. The highest BCUT2D eigenvalue weighted by Gasteiger charge is 2.12. The lowest BCUT2D eigenvalue weighted by atomic mass is 10.1. The van der Waals surface area contributed by atoms with Crippen LogP contribution in [-0.2, 0) is 6.61 Å². The monoisotopic (exact) mass is 472 g/mol. The minimum absolute atomic E-state index is 0.00500. The number of carbonyl (C=O) groups is 2. The standard InChI is InChI=1S/C27H21ClN2O4/c1-18(31)19-10-12-20(13-11-19)25-15-14-22(34-25)16-29-30-27(32)23-7-3-5-9-26(23)33-17-21-6-2-4-8-24(21)28/h2-16H,17H2,1H3,(H,30,32)/b29-16+. The first kappa shape index (κ1) is 23.0. The molecule has 0 aliphatic heterocycles. The van der Waals surface area contributed by atoms with Gasteiger partial charge in [0.2, 0.25) is 0 Å². The number of hydrazone groups is 1. The molecule has 0 fully saturated rings. The van der Waals surface area contributed by atoms with E-state index in [0.717, 1.165) is 11.1 Å². The fourth-order valence-electron chi connectivity index (χ4n) is 3.21. The summed E-state index contributed by atoms with van der Waals surface area (Å²) in [5, 5.41) is 4.59. The molecule has 7 heteroatoms. The van der Waals surface area contributed by atoms with Crippen LogP contribution in [0.25, 0.3) is 11.3 Å². The zero-order valence-corrected chi connectivity index (χ0v) is 19.1. The van der Waals surface area contributed by atoms with Gasteiger partial charge in [-0.3, -0.25) is 9.59 Å². The van der Waals surface area contributed by atoms with Gasteiger partial charge in [0.05, 0.1) is 11.8 Å². The molecule has 1 N–H and O–H groups in total. The molecule has 34 heavy (non-hydrogen) atoms. The molecule has 1 heterocycles. The van der Waals surface area contributed by atoms with E-state index < -0.39 is 5.91 Å². The van der Waals surface area contributed by atoms with E-state index in [9.17, 15) is 9.59 Å². The number of para-hydroxylation sites is 1. The minimum Gasteiger partial charge on any atom is -0.488 e. The molecule has 0 unspecified atom stereocenters. The lowest BCUT2D eigenvalue weighted by Gasteiger charge is -2.11.